The lowest BCUT2D eigenvalue weighted by atomic mass is 9.63. The zero-order chi connectivity index (χ0) is 19.0. The smallest absolute Gasteiger partial charge is 0.247 e. The average molecular weight is 405 g/mol. The summed E-state index contributed by atoms with van der Waals surface area (Å²) in [6.07, 6.45) is 5.34. The zero-order valence-corrected chi connectivity index (χ0v) is 16.1. The van der Waals surface area contributed by atoms with Crippen LogP contribution >= 0.6 is 23.2 Å². The molecule has 7 atom stereocenters. The summed E-state index contributed by atoms with van der Waals surface area (Å²) in [6, 6.07) is 3.84. The van der Waals surface area contributed by atoms with Crippen molar-refractivity contribution in [3.8, 4) is 0 Å². The highest BCUT2D eigenvalue weighted by Gasteiger charge is 2.67. The number of nitrogens with zero attached hydrogens (tertiary/aromatic N) is 1. The summed E-state index contributed by atoms with van der Waals surface area (Å²) in [5, 5.41) is 3.47. The largest absolute Gasteiger partial charge is 0.323 e. The Morgan fingerprint density at radius 2 is 1.70 bits per heavy atom. The first kappa shape index (κ1) is 17.3. The fourth-order valence-electron chi connectivity index (χ4n) is 5.31. The number of imide groups is 1. The fourth-order valence-corrected chi connectivity index (χ4v) is 5.65. The molecule has 0 unspecified atom stereocenters. The van der Waals surface area contributed by atoms with Gasteiger partial charge in [-0.1, -0.05) is 35.4 Å². The van der Waals surface area contributed by atoms with Crippen molar-refractivity contribution in [3.05, 3.63) is 40.4 Å². The van der Waals surface area contributed by atoms with Gasteiger partial charge in [-0.3, -0.25) is 19.3 Å². The van der Waals surface area contributed by atoms with Crippen molar-refractivity contribution in [1.29, 1.82) is 0 Å². The number of halogens is 2. The molecule has 3 fully saturated rings. The third-order valence-electron chi connectivity index (χ3n) is 6.65. The Labute approximate surface area is 166 Å². The van der Waals surface area contributed by atoms with E-state index in [4.69, 9.17) is 23.2 Å². The predicted octanol–water partition coefficient (Wildman–Crippen LogP) is 3.37. The number of carbonyl (C=O) groups excluding carboxylic acids is 3. The van der Waals surface area contributed by atoms with E-state index in [0.29, 0.717) is 27.6 Å². The number of hydrogen-bond acceptors (Lipinski definition) is 3. The summed E-state index contributed by atoms with van der Waals surface area (Å²) >= 11 is 12.1. The molecule has 1 aromatic carbocycles. The summed E-state index contributed by atoms with van der Waals surface area (Å²) in [5.41, 5.74) is 0.362. The Hall–Kier alpha value is -1.85. The minimum absolute atomic E-state index is 0.143. The molecule has 0 radical (unpaired) electrons. The van der Waals surface area contributed by atoms with E-state index in [2.05, 4.69) is 17.5 Å². The van der Waals surface area contributed by atoms with Crippen LogP contribution in [0.2, 0.25) is 10.0 Å². The first-order valence-electron chi connectivity index (χ1n) is 9.19. The van der Waals surface area contributed by atoms with E-state index in [9.17, 15) is 14.4 Å². The van der Waals surface area contributed by atoms with E-state index >= 15 is 0 Å². The fraction of sp³-hybridized carbons (Fsp3) is 0.450. The summed E-state index contributed by atoms with van der Waals surface area (Å²) in [5.74, 6) is -0.135. The molecule has 4 aliphatic carbocycles. The molecule has 140 valence electrons. The summed E-state index contributed by atoms with van der Waals surface area (Å²) in [4.78, 5) is 40.0. The van der Waals surface area contributed by atoms with Crippen LogP contribution in [0.15, 0.2) is 30.4 Å². The van der Waals surface area contributed by atoms with Crippen LogP contribution in [0.25, 0.3) is 0 Å². The van der Waals surface area contributed by atoms with Crippen LogP contribution in [0.3, 0.4) is 0 Å². The third kappa shape index (κ3) is 2.41. The van der Waals surface area contributed by atoms with Gasteiger partial charge < -0.3 is 5.32 Å². The van der Waals surface area contributed by atoms with E-state index in [-0.39, 0.29) is 35.5 Å². The molecule has 1 N–H and O–H groups in total. The zero-order valence-electron chi connectivity index (χ0n) is 14.6. The molecular formula is C20H18Cl2N2O3. The number of benzene rings is 1. The molecule has 2 bridgehead atoms. The normalized spacial score (nSPS) is 36.5. The van der Waals surface area contributed by atoms with Crippen molar-refractivity contribution in [2.24, 2.45) is 35.5 Å². The quantitative estimate of drug-likeness (QED) is 0.620. The molecule has 2 saturated carbocycles. The molecule has 0 aromatic heterocycles. The molecule has 1 heterocycles. The SMILES string of the molecule is C[C@H](C(=O)Nc1cc(Cl)ccc1Cl)N1C(=O)[C@@H]2[C@H]3C=C[C@@H]([C@@H]4C[C@H]34)[C@@H]2C1=O. The Kier molecular flexibility index (Phi) is 3.72. The van der Waals surface area contributed by atoms with Gasteiger partial charge in [0.15, 0.2) is 0 Å². The maximum atomic E-state index is 13.1. The van der Waals surface area contributed by atoms with Crippen LogP contribution in [-0.4, -0.2) is 28.7 Å². The molecule has 6 rings (SSSR count). The first-order chi connectivity index (χ1) is 12.9. The maximum Gasteiger partial charge on any atom is 0.247 e. The predicted molar refractivity (Wildman–Crippen MR) is 101 cm³/mol. The lowest BCUT2D eigenvalue weighted by Crippen LogP contribution is -2.46. The van der Waals surface area contributed by atoms with E-state index in [1.807, 2.05) is 0 Å². The van der Waals surface area contributed by atoms with Crippen LogP contribution < -0.4 is 5.32 Å². The monoisotopic (exact) mass is 404 g/mol. The molecule has 5 nitrogen and oxygen atoms in total. The van der Waals surface area contributed by atoms with Crippen molar-refractivity contribution in [3.63, 3.8) is 0 Å². The highest BCUT2D eigenvalue weighted by atomic mass is 35.5. The van der Waals surface area contributed by atoms with Gasteiger partial charge in [0, 0.05) is 5.02 Å². The van der Waals surface area contributed by atoms with Gasteiger partial charge in [0.2, 0.25) is 17.7 Å². The topological polar surface area (TPSA) is 66.5 Å². The van der Waals surface area contributed by atoms with Crippen molar-refractivity contribution >= 4 is 46.6 Å². The van der Waals surface area contributed by atoms with Gasteiger partial charge in [-0.25, -0.2) is 0 Å². The van der Waals surface area contributed by atoms with Crippen molar-refractivity contribution < 1.29 is 14.4 Å². The summed E-state index contributed by atoms with van der Waals surface area (Å²) in [7, 11) is 0. The molecule has 3 amide bonds. The number of likely N-dealkylation sites (tertiary alicyclic amines) is 1. The van der Waals surface area contributed by atoms with Crippen LogP contribution in [0, 0.1) is 35.5 Å². The highest BCUT2D eigenvalue weighted by molar-refractivity contribution is 6.35. The third-order valence-corrected chi connectivity index (χ3v) is 7.21. The van der Waals surface area contributed by atoms with Crippen LogP contribution in [-0.2, 0) is 14.4 Å². The molecule has 0 spiro atoms. The van der Waals surface area contributed by atoms with E-state index in [1.165, 1.54) is 4.90 Å². The molecule has 7 heteroatoms. The Bertz CT molecular complexity index is 878. The number of anilines is 1. The molecular weight excluding hydrogens is 387 g/mol. The number of hydrogen-bond donors (Lipinski definition) is 1. The Balaban J connectivity index is 1.39. The maximum absolute atomic E-state index is 13.1. The second-order valence-corrected chi connectivity index (χ2v) is 8.83. The lowest BCUT2D eigenvalue weighted by Gasteiger charge is -2.37. The molecule has 1 aliphatic heterocycles. The molecule has 1 aromatic rings. The number of allylic oxidation sites excluding steroid dienone is 2. The van der Waals surface area contributed by atoms with Gasteiger partial charge in [0.25, 0.3) is 0 Å². The minimum atomic E-state index is -0.902. The Morgan fingerprint density at radius 1 is 1.11 bits per heavy atom. The summed E-state index contributed by atoms with van der Waals surface area (Å²) < 4.78 is 0. The van der Waals surface area contributed by atoms with Crippen LogP contribution in [0.4, 0.5) is 5.69 Å². The van der Waals surface area contributed by atoms with Gasteiger partial charge in [-0.15, -0.1) is 0 Å². The van der Waals surface area contributed by atoms with E-state index in [1.54, 1.807) is 25.1 Å². The molecule has 27 heavy (non-hydrogen) atoms. The van der Waals surface area contributed by atoms with Crippen LogP contribution in [0.1, 0.15) is 13.3 Å². The van der Waals surface area contributed by atoms with Gasteiger partial charge in [0.1, 0.15) is 6.04 Å². The number of amides is 3. The highest BCUT2D eigenvalue weighted by Crippen LogP contribution is 2.65. The lowest BCUT2D eigenvalue weighted by molar-refractivity contribution is -0.146. The van der Waals surface area contributed by atoms with Gasteiger partial charge >= 0.3 is 0 Å². The number of nitrogens with one attached hydrogen (secondary N) is 1. The van der Waals surface area contributed by atoms with E-state index in [0.717, 1.165) is 6.42 Å². The standard InChI is InChI=1S/C20H18Cl2N2O3/c1-8(18(25)23-15-6-9(21)2-5-14(15)22)24-19(26)16-10-3-4-11(13-7-12(10)13)17(16)20(24)27/h2-6,8,10-13,16-17H,7H2,1H3,(H,23,25)/t8-,10+,11+,12-,13+,16-,17+/m1/s1. The Morgan fingerprint density at radius 3 is 2.30 bits per heavy atom. The van der Waals surface area contributed by atoms with Crippen molar-refractivity contribution in [1.82, 2.24) is 4.90 Å². The van der Waals surface area contributed by atoms with Gasteiger partial charge in [-0.05, 0) is 55.2 Å². The van der Waals surface area contributed by atoms with Gasteiger partial charge in [0.05, 0.1) is 22.5 Å². The van der Waals surface area contributed by atoms with Crippen molar-refractivity contribution in [2.45, 2.75) is 19.4 Å². The second kappa shape index (κ2) is 5.82. The van der Waals surface area contributed by atoms with Crippen LogP contribution in [0.5, 0.6) is 0 Å². The molecule has 1 saturated heterocycles. The second-order valence-electron chi connectivity index (χ2n) is 7.99. The number of rotatable bonds is 3. The average Bonchev–Trinajstić information content (AvgIpc) is 3.42. The molecule has 5 aliphatic rings. The number of carbonyl (C=O) groups is 3. The minimum Gasteiger partial charge on any atom is -0.323 e. The van der Waals surface area contributed by atoms with E-state index < -0.39 is 11.9 Å². The summed E-state index contributed by atoms with van der Waals surface area (Å²) in [6.45, 7) is 1.58. The van der Waals surface area contributed by atoms with Crippen molar-refractivity contribution in [2.75, 3.05) is 5.32 Å². The van der Waals surface area contributed by atoms with Gasteiger partial charge in [-0.2, -0.15) is 0 Å². The first-order valence-corrected chi connectivity index (χ1v) is 9.95.